The van der Waals surface area contributed by atoms with E-state index in [9.17, 15) is 13.4 Å². The molecule has 24 heavy (non-hydrogen) atoms. The summed E-state index contributed by atoms with van der Waals surface area (Å²) in [6.07, 6.45) is 0.760. The summed E-state index contributed by atoms with van der Waals surface area (Å²) in [4.78, 5) is 12.3. The average molecular weight is 365 g/mol. The van der Waals surface area contributed by atoms with Crippen molar-refractivity contribution >= 4 is 29.0 Å². The maximum absolute atomic E-state index is 14.3. The molecule has 0 spiro atoms. The molecule has 0 aromatic heterocycles. The highest BCUT2D eigenvalue weighted by Crippen LogP contribution is 2.34. The van der Waals surface area contributed by atoms with Gasteiger partial charge in [-0.25, -0.2) is 13.3 Å². The zero-order chi connectivity index (χ0) is 17.7. The van der Waals surface area contributed by atoms with Crippen LogP contribution >= 0.6 is 11.8 Å². The number of carbonyl (C=O) groups excluding carboxylic acids is 1. The van der Waals surface area contributed by atoms with Gasteiger partial charge >= 0.3 is 0 Å². The quantitative estimate of drug-likeness (QED) is 0.775. The van der Waals surface area contributed by atoms with E-state index in [1.165, 1.54) is 17.8 Å². The Kier molecular flexibility index (Phi) is 6.32. The van der Waals surface area contributed by atoms with Gasteiger partial charge in [0.05, 0.1) is 20.6 Å². The fourth-order valence-corrected chi connectivity index (χ4v) is 3.70. The van der Waals surface area contributed by atoms with Crippen molar-refractivity contribution in [2.24, 2.45) is 0 Å². The largest absolute Gasteiger partial charge is 0.298 e. The second-order valence-electron chi connectivity index (χ2n) is 6.19. The van der Waals surface area contributed by atoms with Gasteiger partial charge in [0, 0.05) is 17.0 Å². The third-order valence-corrected chi connectivity index (χ3v) is 6.03. The molecule has 1 unspecified atom stereocenters. The van der Waals surface area contributed by atoms with E-state index in [0.29, 0.717) is 20.9 Å². The molecule has 0 saturated carbocycles. The number of halogens is 1. The van der Waals surface area contributed by atoms with Crippen LogP contribution in [0.3, 0.4) is 0 Å². The number of nitrogens with one attached hydrogen (secondary N) is 1. The van der Waals surface area contributed by atoms with Crippen molar-refractivity contribution in [1.82, 2.24) is 4.72 Å². The van der Waals surface area contributed by atoms with Crippen molar-refractivity contribution in [3.8, 4) is 0 Å². The Hall–Kier alpha value is -1.50. The first kappa shape index (κ1) is 18.8. The second kappa shape index (κ2) is 8.05. The molecule has 0 heterocycles. The van der Waals surface area contributed by atoms with Crippen LogP contribution in [0.15, 0.2) is 52.3 Å². The first-order valence-electron chi connectivity index (χ1n) is 7.47. The lowest BCUT2D eigenvalue weighted by molar-refractivity contribution is 0.112. The SMILES string of the molecule is CC(C)(C)S(=O)NCc1cccc(F)c1Sc1ccccc1C=O. The number of hydrogen-bond acceptors (Lipinski definition) is 3. The first-order chi connectivity index (χ1) is 11.3. The lowest BCUT2D eigenvalue weighted by atomic mass is 10.2. The van der Waals surface area contributed by atoms with Crippen molar-refractivity contribution in [1.29, 1.82) is 0 Å². The number of carbonyl (C=O) groups is 1. The highest BCUT2D eigenvalue weighted by atomic mass is 32.2. The predicted molar refractivity (Wildman–Crippen MR) is 97.1 cm³/mol. The third kappa shape index (κ3) is 4.75. The predicted octanol–water partition coefficient (Wildman–Crippen LogP) is 4.34. The van der Waals surface area contributed by atoms with Crippen LogP contribution in [-0.4, -0.2) is 15.2 Å². The van der Waals surface area contributed by atoms with E-state index in [1.54, 1.807) is 30.3 Å². The Balaban J connectivity index is 2.27. The van der Waals surface area contributed by atoms with Gasteiger partial charge in [-0.2, -0.15) is 0 Å². The summed E-state index contributed by atoms with van der Waals surface area (Å²) in [5, 5.41) is 0. The zero-order valence-electron chi connectivity index (χ0n) is 13.8. The Morgan fingerprint density at radius 1 is 1.17 bits per heavy atom. The molecule has 0 saturated heterocycles. The molecule has 0 aliphatic rings. The molecule has 1 N–H and O–H groups in total. The maximum Gasteiger partial charge on any atom is 0.151 e. The van der Waals surface area contributed by atoms with Crippen LogP contribution in [0.5, 0.6) is 0 Å². The summed E-state index contributed by atoms with van der Waals surface area (Å²) in [6.45, 7) is 5.90. The third-order valence-electron chi connectivity index (χ3n) is 3.26. The molecule has 3 nitrogen and oxygen atoms in total. The topological polar surface area (TPSA) is 46.2 Å². The molecule has 1 atom stereocenters. The molecule has 0 aliphatic heterocycles. The fraction of sp³-hybridized carbons (Fsp3) is 0.278. The average Bonchev–Trinajstić information content (AvgIpc) is 2.54. The molecular weight excluding hydrogens is 345 g/mol. The van der Waals surface area contributed by atoms with Crippen LogP contribution in [0.25, 0.3) is 0 Å². The van der Waals surface area contributed by atoms with Gasteiger partial charge in [0.1, 0.15) is 5.82 Å². The molecule has 0 amide bonds. The molecule has 2 aromatic rings. The summed E-state index contributed by atoms with van der Waals surface area (Å²) in [5.74, 6) is -0.360. The van der Waals surface area contributed by atoms with Crippen molar-refractivity contribution < 1.29 is 13.4 Å². The van der Waals surface area contributed by atoms with Gasteiger partial charge in [0.2, 0.25) is 0 Å². The summed E-state index contributed by atoms with van der Waals surface area (Å²) in [6, 6.07) is 11.9. The molecule has 0 fully saturated rings. The molecule has 0 radical (unpaired) electrons. The fourth-order valence-electron chi connectivity index (χ4n) is 1.95. The van der Waals surface area contributed by atoms with E-state index in [-0.39, 0.29) is 12.4 Å². The van der Waals surface area contributed by atoms with Crippen molar-refractivity contribution in [3.05, 3.63) is 59.4 Å². The van der Waals surface area contributed by atoms with E-state index in [4.69, 9.17) is 0 Å². The lowest BCUT2D eigenvalue weighted by Gasteiger charge is -2.19. The Labute approximate surface area is 148 Å². The standard InChI is InChI=1S/C18H20FNO2S2/c1-18(2,3)24(22)20-11-13-8-6-9-15(19)17(13)23-16-10-5-4-7-14(16)12-21/h4-10,12,20H,11H2,1-3H3. The molecule has 0 aliphatic carbocycles. The van der Waals surface area contributed by atoms with Gasteiger partial charge < -0.3 is 0 Å². The summed E-state index contributed by atoms with van der Waals surface area (Å²) in [7, 11) is -1.24. The van der Waals surface area contributed by atoms with E-state index in [1.807, 2.05) is 26.8 Å². The number of rotatable bonds is 6. The molecule has 6 heteroatoms. The smallest absolute Gasteiger partial charge is 0.151 e. The Morgan fingerprint density at radius 3 is 2.54 bits per heavy atom. The minimum Gasteiger partial charge on any atom is -0.298 e. The van der Waals surface area contributed by atoms with E-state index in [0.717, 1.165) is 6.29 Å². The molecule has 2 aromatic carbocycles. The number of hydrogen-bond donors (Lipinski definition) is 1. The highest BCUT2D eigenvalue weighted by Gasteiger charge is 2.20. The monoisotopic (exact) mass is 365 g/mol. The molecule has 2 rings (SSSR count). The molecular formula is C18H20FNO2S2. The van der Waals surface area contributed by atoms with Crippen LogP contribution in [0, 0.1) is 5.82 Å². The summed E-state index contributed by atoms with van der Waals surface area (Å²) >= 11 is 1.21. The Morgan fingerprint density at radius 2 is 1.88 bits per heavy atom. The van der Waals surface area contributed by atoms with Crippen LogP contribution in [0.4, 0.5) is 4.39 Å². The second-order valence-corrected chi connectivity index (χ2v) is 9.29. The van der Waals surface area contributed by atoms with Gasteiger partial charge in [-0.15, -0.1) is 0 Å². The van der Waals surface area contributed by atoms with Crippen LogP contribution in [-0.2, 0) is 17.5 Å². The van der Waals surface area contributed by atoms with Gasteiger partial charge in [0.15, 0.2) is 6.29 Å². The highest BCUT2D eigenvalue weighted by molar-refractivity contribution is 7.99. The zero-order valence-corrected chi connectivity index (χ0v) is 15.5. The van der Waals surface area contributed by atoms with Crippen molar-refractivity contribution in [3.63, 3.8) is 0 Å². The first-order valence-corrected chi connectivity index (χ1v) is 9.44. The molecule has 0 bridgehead atoms. The summed E-state index contributed by atoms with van der Waals surface area (Å²) in [5.41, 5.74) is 1.22. The van der Waals surface area contributed by atoms with Gasteiger partial charge in [-0.3, -0.25) is 4.79 Å². The van der Waals surface area contributed by atoms with Crippen molar-refractivity contribution in [2.75, 3.05) is 0 Å². The van der Waals surface area contributed by atoms with E-state index in [2.05, 4.69) is 4.72 Å². The van der Waals surface area contributed by atoms with Gasteiger partial charge in [0.25, 0.3) is 0 Å². The van der Waals surface area contributed by atoms with Crippen LogP contribution < -0.4 is 4.72 Å². The minimum absolute atomic E-state index is 0.285. The van der Waals surface area contributed by atoms with E-state index < -0.39 is 15.7 Å². The molecule has 128 valence electrons. The van der Waals surface area contributed by atoms with Gasteiger partial charge in [-0.1, -0.05) is 42.1 Å². The van der Waals surface area contributed by atoms with Crippen LogP contribution in [0.2, 0.25) is 0 Å². The maximum atomic E-state index is 14.3. The number of aldehydes is 1. The van der Waals surface area contributed by atoms with Crippen LogP contribution in [0.1, 0.15) is 36.7 Å². The van der Waals surface area contributed by atoms with E-state index >= 15 is 0 Å². The van der Waals surface area contributed by atoms with Crippen molar-refractivity contribution in [2.45, 2.75) is 41.9 Å². The lowest BCUT2D eigenvalue weighted by Crippen LogP contribution is -2.33. The van der Waals surface area contributed by atoms with Gasteiger partial charge in [-0.05, 0) is 38.5 Å². The summed E-state index contributed by atoms with van der Waals surface area (Å²) < 4.78 is 29.0. The Bertz CT molecular complexity index is 757. The number of benzene rings is 2. The minimum atomic E-state index is -1.24. The normalized spacial score (nSPS) is 12.8.